The fourth-order valence-electron chi connectivity index (χ4n) is 2.68. The molecule has 2 aromatic carbocycles. The van der Waals surface area contributed by atoms with Gasteiger partial charge in [-0.15, -0.1) is 0 Å². The van der Waals surface area contributed by atoms with E-state index in [-0.39, 0.29) is 4.90 Å². The lowest BCUT2D eigenvalue weighted by Gasteiger charge is -2.14. The molecule has 0 saturated heterocycles. The van der Waals surface area contributed by atoms with Crippen LogP contribution in [0, 0.1) is 5.92 Å². The van der Waals surface area contributed by atoms with E-state index in [0.717, 1.165) is 24.0 Å². The van der Waals surface area contributed by atoms with E-state index < -0.39 is 10.1 Å². The molecule has 0 heterocycles. The van der Waals surface area contributed by atoms with Crippen LogP contribution in [-0.4, -0.2) is 27.2 Å². The molecular formula is C18H22O5S. The lowest BCUT2D eigenvalue weighted by molar-refractivity contribution is 0.354. The average molecular weight is 350 g/mol. The van der Waals surface area contributed by atoms with E-state index in [4.69, 9.17) is 14.0 Å². The quantitative estimate of drug-likeness (QED) is 0.775. The van der Waals surface area contributed by atoms with E-state index in [1.54, 1.807) is 26.4 Å². The first kappa shape index (κ1) is 18.3. The minimum atomic E-state index is -4.14. The van der Waals surface area contributed by atoms with Gasteiger partial charge in [0.25, 0.3) is 10.1 Å². The van der Waals surface area contributed by atoms with E-state index in [9.17, 15) is 8.42 Å². The molecule has 5 nitrogen and oxygen atoms in total. The van der Waals surface area contributed by atoms with Gasteiger partial charge in [-0.25, -0.2) is 0 Å². The molecule has 0 aliphatic rings. The van der Waals surface area contributed by atoms with Crippen LogP contribution in [0.3, 0.4) is 0 Å². The smallest absolute Gasteiger partial charge is 0.294 e. The largest absolute Gasteiger partial charge is 0.493 e. The molecule has 2 rings (SSSR count). The van der Waals surface area contributed by atoms with E-state index in [1.807, 2.05) is 18.2 Å². The first-order chi connectivity index (χ1) is 11.3. The van der Waals surface area contributed by atoms with Crippen LogP contribution >= 0.6 is 0 Å². The van der Waals surface area contributed by atoms with Crippen molar-refractivity contribution in [3.8, 4) is 11.5 Å². The molecule has 0 spiro atoms. The molecule has 0 radical (unpaired) electrons. The SMILES string of the molecule is COc1ccc(C[C@H](C)Cc2ccc(S(=O)(=O)O)cc2)cc1OC. The molecule has 2 aromatic rings. The summed E-state index contributed by atoms with van der Waals surface area (Å²) >= 11 is 0. The van der Waals surface area contributed by atoms with Gasteiger partial charge in [-0.2, -0.15) is 8.42 Å². The number of rotatable bonds is 7. The molecule has 1 N–H and O–H groups in total. The minimum Gasteiger partial charge on any atom is -0.493 e. The van der Waals surface area contributed by atoms with E-state index in [0.29, 0.717) is 17.4 Å². The molecule has 24 heavy (non-hydrogen) atoms. The minimum absolute atomic E-state index is 0.0845. The monoisotopic (exact) mass is 350 g/mol. The summed E-state index contributed by atoms with van der Waals surface area (Å²) in [6.07, 6.45) is 1.67. The second-order valence-corrected chi connectivity index (χ2v) is 7.24. The van der Waals surface area contributed by atoms with Crippen molar-refractivity contribution in [3.63, 3.8) is 0 Å². The van der Waals surface area contributed by atoms with Gasteiger partial charge in [0, 0.05) is 0 Å². The molecule has 0 aromatic heterocycles. The van der Waals surface area contributed by atoms with Crippen molar-refractivity contribution in [2.45, 2.75) is 24.7 Å². The highest BCUT2D eigenvalue weighted by Gasteiger charge is 2.11. The van der Waals surface area contributed by atoms with Gasteiger partial charge in [0.1, 0.15) is 0 Å². The van der Waals surface area contributed by atoms with Crippen molar-refractivity contribution < 1.29 is 22.4 Å². The van der Waals surface area contributed by atoms with Crippen LogP contribution in [0.15, 0.2) is 47.4 Å². The second kappa shape index (κ2) is 7.68. The number of ether oxygens (including phenoxy) is 2. The van der Waals surface area contributed by atoms with Crippen LogP contribution in [0.4, 0.5) is 0 Å². The normalized spacial score (nSPS) is 12.7. The Labute approximate surface area is 143 Å². The third kappa shape index (κ3) is 4.72. The molecule has 0 saturated carbocycles. The highest BCUT2D eigenvalue weighted by molar-refractivity contribution is 7.85. The highest BCUT2D eigenvalue weighted by Crippen LogP contribution is 2.29. The number of benzene rings is 2. The summed E-state index contributed by atoms with van der Waals surface area (Å²) in [5.41, 5.74) is 2.17. The van der Waals surface area contributed by atoms with Crippen LogP contribution in [0.1, 0.15) is 18.1 Å². The summed E-state index contributed by atoms with van der Waals surface area (Å²) < 4.78 is 41.7. The van der Waals surface area contributed by atoms with Gasteiger partial charge in [0.05, 0.1) is 19.1 Å². The Balaban J connectivity index is 2.04. The predicted molar refractivity (Wildman–Crippen MR) is 92.4 cm³/mol. The lowest BCUT2D eigenvalue weighted by Crippen LogP contribution is -2.05. The maximum absolute atomic E-state index is 11.1. The number of methoxy groups -OCH3 is 2. The first-order valence-electron chi connectivity index (χ1n) is 7.61. The highest BCUT2D eigenvalue weighted by atomic mass is 32.2. The summed E-state index contributed by atoms with van der Waals surface area (Å²) in [5.74, 6) is 1.77. The first-order valence-corrected chi connectivity index (χ1v) is 9.05. The molecule has 0 fully saturated rings. The summed E-state index contributed by atoms with van der Waals surface area (Å²) in [5, 5.41) is 0. The molecule has 0 amide bonds. The molecule has 1 atom stereocenters. The van der Waals surface area contributed by atoms with E-state index >= 15 is 0 Å². The standard InChI is InChI=1S/C18H22O5S/c1-13(10-14-4-7-16(8-5-14)24(19,20)21)11-15-6-9-17(22-2)18(12-15)23-3/h4-9,12-13H,10-11H2,1-3H3,(H,19,20,21)/t13-/m1/s1. The Bertz CT molecular complexity index is 782. The summed E-state index contributed by atoms with van der Waals surface area (Å²) in [7, 11) is -0.916. The van der Waals surface area contributed by atoms with Gasteiger partial charge in [0.15, 0.2) is 11.5 Å². The van der Waals surface area contributed by atoms with Crippen molar-refractivity contribution >= 4 is 10.1 Å². The van der Waals surface area contributed by atoms with Gasteiger partial charge in [-0.1, -0.05) is 25.1 Å². The Morgan fingerprint density at radius 3 is 2.00 bits per heavy atom. The van der Waals surface area contributed by atoms with Crippen molar-refractivity contribution in [2.24, 2.45) is 5.92 Å². The average Bonchev–Trinajstić information content (AvgIpc) is 2.54. The predicted octanol–water partition coefficient (Wildman–Crippen LogP) is 3.37. The second-order valence-electron chi connectivity index (χ2n) is 5.82. The summed E-state index contributed by atoms with van der Waals surface area (Å²) in [6, 6.07) is 12.2. The molecule has 0 aliphatic carbocycles. The van der Waals surface area contributed by atoms with Crippen molar-refractivity contribution in [1.82, 2.24) is 0 Å². The molecular weight excluding hydrogens is 328 g/mol. The lowest BCUT2D eigenvalue weighted by atomic mass is 9.94. The summed E-state index contributed by atoms with van der Waals surface area (Å²) in [4.78, 5) is -0.0845. The van der Waals surface area contributed by atoms with Gasteiger partial charge in [-0.3, -0.25) is 4.55 Å². The van der Waals surface area contributed by atoms with E-state index in [2.05, 4.69) is 6.92 Å². The molecule has 6 heteroatoms. The third-order valence-corrected chi connectivity index (χ3v) is 4.71. The Kier molecular flexibility index (Phi) is 5.85. The number of hydrogen-bond acceptors (Lipinski definition) is 4. The Morgan fingerprint density at radius 1 is 0.917 bits per heavy atom. The fourth-order valence-corrected chi connectivity index (χ4v) is 3.16. The van der Waals surface area contributed by atoms with Gasteiger partial charge in [0.2, 0.25) is 0 Å². The fraction of sp³-hybridized carbons (Fsp3) is 0.333. The van der Waals surface area contributed by atoms with Gasteiger partial charge >= 0.3 is 0 Å². The van der Waals surface area contributed by atoms with Crippen LogP contribution in [0.5, 0.6) is 11.5 Å². The number of hydrogen-bond donors (Lipinski definition) is 1. The zero-order chi connectivity index (χ0) is 17.7. The van der Waals surface area contributed by atoms with Crippen LogP contribution < -0.4 is 9.47 Å². The van der Waals surface area contributed by atoms with Crippen LogP contribution in [0.25, 0.3) is 0 Å². The van der Waals surface area contributed by atoms with Crippen molar-refractivity contribution in [1.29, 1.82) is 0 Å². The van der Waals surface area contributed by atoms with Gasteiger partial charge < -0.3 is 9.47 Å². The molecule has 0 aliphatic heterocycles. The van der Waals surface area contributed by atoms with Crippen molar-refractivity contribution in [3.05, 3.63) is 53.6 Å². The molecule has 130 valence electrons. The van der Waals surface area contributed by atoms with Crippen LogP contribution in [-0.2, 0) is 23.0 Å². The molecule has 0 unspecified atom stereocenters. The molecule has 0 bridgehead atoms. The Morgan fingerprint density at radius 2 is 1.46 bits per heavy atom. The van der Waals surface area contributed by atoms with E-state index in [1.165, 1.54) is 12.1 Å². The van der Waals surface area contributed by atoms with Crippen LogP contribution in [0.2, 0.25) is 0 Å². The zero-order valence-corrected chi connectivity index (χ0v) is 14.8. The summed E-state index contributed by atoms with van der Waals surface area (Å²) in [6.45, 7) is 2.13. The topological polar surface area (TPSA) is 72.8 Å². The maximum Gasteiger partial charge on any atom is 0.294 e. The Hall–Kier alpha value is -2.05. The zero-order valence-electron chi connectivity index (χ0n) is 14.0. The van der Waals surface area contributed by atoms with Gasteiger partial charge in [-0.05, 0) is 54.2 Å². The third-order valence-electron chi connectivity index (χ3n) is 3.84. The maximum atomic E-state index is 11.1. The van der Waals surface area contributed by atoms with Crippen molar-refractivity contribution in [2.75, 3.05) is 14.2 Å².